The van der Waals surface area contributed by atoms with Gasteiger partial charge in [-0.25, -0.2) is 4.79 Å². The number of carbonyl (C=O) groups excluding carboxylic acids is 1. The molecule has 2 aromatic rings. The number of anilines is 1. The summed E-state index contributed by atoms with van der Waals surface area (Å²) in [5.41, 5.74) is 7.57. The number of fused-ring (bicyclic) bond motifs is 1. The van der Waals surface area contributed by atoms with E-state index in [0.717, 1.165) is 10.9 Å². The van der Waals surface area contributed by atoms with Gasteiger partial charge < -0.3 is 10.5 Å². The van der Waals surface area contributed by atoms with Crippen LogP contribution in [0.15, 0.2) is 30.5 Å². The second-order valence-electron chi connectivity index (χ2n) is 3.40. The lowest BCUT2D eigenvalue weighted by Crippen LogP contribution is -2.05. The van der Waals surface area contributed by atoms with Gasteiger partial charge in [-0.2, -0.15) is 0 Å². The molecule has 0 radical (unpaired) electrons. The van der Waals surface area contributed by atoms with Gasteiger partial charge in [-0.1, -0.05) is 0 Å². The van der Waals surface area contributed by atoms with Gasteiger partial charge >= 0.3 is 5.97 Å². The third-order valence-electron chi connectivity index (χ3n) is 2.22. The molecule has 2 N–H and O–H groups in total. The molecule has 1 heterocycles. The van der Waals surface area contributed by atoms with Crippen molar-refractivity contribution in [3.05, 3.63) is 36.0 Å². The number of nitrogens with two attached hydrogens (primary N) is 1. The maximum atomic E-state index is 11.5. The Kier molecular flexibility index (Phi) is 2.72. The van der Waals surface area contributed by atoms with E-state index in [2.05, 4.69) is 4.98 Å². The second kappa shape index (κ2) is 4.18. The predicted molar refractivity (Wildman–Crippen MR) is 62.1 cm³/mol. The van der Waals surface area contributed by atoms with Crippen molar-refractivity contribution in [2.75, 3.05) is 12.3 Å². The molecule has 0 aliphatic heterocycles. The first-order valence-corrected chi connectivity index (χ1v) is 5.03. The zero-order valence-corrected chi connectivity index (χ0v) is 8.93. The molecule has 4 nitrogen and oxygen atoms in total. The Hall–Kier alpha value is -2.10. The van der Waals surface area contributed by atoms with Crippen LogP contribution in [-0.2, 0) is 4.74 Å². The fourth-order valence-corrected chi connectivity index (χ4v) is 1.48. The van der Waals surface area contributed by atoms with Gasteiger partial charge in [-0.3, -0.25) is 4.98 Å². The highest BCUT2D eigenvalue weighted by Gasteiger charge is 2.07. The number of nitrogens with zero attached hydrogens (tertiary/aromatic N) is 1. The normalized spacial score (nSPS) is 10.3. The third kappa shape index (κ3) is 1.95. The Labute approximate surface area is 93.0 Å². The lowest BCUT2D eigenvalue weighted by Gasteiger charge is -2.03. The van der Waals surface area contributed by atoms with Gasteiger partial charge in [-0.15, -0.1) is 0 Å². The summed E-state index contributed by atoms with van der Waals surface area (Å²) in [5, 5.41) is 0.838. The summed E-state index contributed by atoms with van der Waals surface area (Å²) in [5.74, 6) is -0.362. The van der Waals surface area contributed by atoms with Crippen molar-refractivity contribution < 1.29 is 9.53 Å². The van der Waals surface area contributed by atoms with Crippen LogP contribution in [-0.4, -0.2) is 17.6 Å². The topological polar surface area (TPSA) is 65.2 Å². The van der Waals surface area contributed by atoms with E-state index in [4.69, 9.17) is 10.5 Å². The molecular formula is C12H12N2O2. The van der Waals surface area contributed by atoms with E-state index in [1.807, 2.05) is 6.07 Å². The maximum absolute atomic E-state index is 11.5. The Morgan fingerprint density at radius 1 is 1.44 bits per heavy atom. The number of rotatable bonds is 2. The van der Waals surface area contributed by atoms with Crippen molar-refractivity contribution >= 4 is 22.6 Å². The van der Waals surface area contributed by atoms with Gasteiger partial charge in [0.25, 0.3) is 0 Å². The monoisotopic (exact) mass is 216 g/mol. The van der Waals surface area contributed by atoms with Crippen LogP contribution in [0.25, 0.3) is 10.9 Å². The van der Waals surface area contributed by atoms with Crippen LogP contribution in [0.1, 0.15) is 17.3 Å². The van der Waals surface area contributed by atoms with Crippen molar-refractivity contribution in [1.29, 1.82) is 0 Å². The number of benzene rings is 1. The molecule has 0 atom stereocenters. The zero-order chi connectivity index (χ0) is 11.5. The average molecular weight is 216 g/mol. The first-order chi connectivity index (χ1) is 7.70. The maximum Gasteiger partial charge on any atom is 0.339 e. The minimum atomic E-state index is -0.362. The fraction of sp³-hybridized carbons (Fsp3) is 0.167. The van der Waals surface area contributed by atoms with Gasteiger partial charge in [0.15, 0.2) is 0 Å². The molecule has 0 bridgehead atoms. The highest BCUT2D eigenvalue weighted by atomic mass is 16.5. The van der Waals surface area contributed by atoms with Crippen molar-refractivity contribution in [3.8, 4) is 0 Å². The average Bonchev–Trinajstić information content (AvgIpc) is 2.28. The molecule has 0 fully saturated rings. The van der Waals surface area contributed by atoms with Crippen molar-refractivity contribution in [2.24, 2.45) is 0 Å². The molecule has 0 amide bonds. The molecule has 1 aromatic carbocycles. The van der Waals surface area contributed by atoms with Crippen LogP contribution in [0.2, 0.25) is 0 Å². The van der Waals surface area contributed by atoms with Crippen LogP contribution in [0.4, 0.5) is 5.69 Å². The van der Waals surface area contributed by atoms with Gasteiger partial charge in [0.1, 0.15) is 0 Å². The summed E-state index contributed by atoms with van der Waals surface area (Å²) >= 11 is 0. The quantitative estimate of drug-likeness (QED) is 0.616. The first-order valence-electron chi connectivity index (χ1n) is 5.03. The standard InChI is InChI=1S/C12H12N2O2/c1-2-16-12(15)9-5-8-6-10(13)3-4-11(8)14-7-9/h3-7H,2,13H2,1H3. The fourth-order valence-electron chi connectivity index (χ4n) is 1.48. The molecule has 1 aromatic heterocycles. The molecule has 16 heavy (non-hydrogen) atoms. The molecule has 0 spiro atoms. The number of pyridine rings is 1. The molecule has 82 valence electrons. The van der Waals surface area contributed by atoms with E-state index in [1.165, 1.54) is 6.20 Å². The third-order valence-corrected chi connectivity index (χ3v) is 2.22. The molecule has 0 unspecified atom stereocenters. The molecule has 0 saturated carbocycles. The minimum Gasteiger partial charge on any atom is -0.462 e. The summed E-state index contributed by atoms with van der Waals surface area (Å²) < 4.78 is 4.90. The number of ether oxygens (including phenoxy) is 1. The largest absolute Gasteiger partial charge is 0.462 e. The summed E-state index contributed by atoms with van der Waals surface area (Å²) in [7, 11) is 0. The van der Waals surface area contributed by atoms with Crippen LogP contribution in [0.3, 0.4) is 0 Å². The van der Waals surface area contributed by atoms with E-state index < -0.39 is 0 Å². The van der Waals surface area contributed by atoms with Crippen LogP contribution in [0, 0.1) is 0 Å². The van der Waals surface area contributed by atoms with Crippen LogP contribution in [0.5, 0.6) is 0 Å². The van der Waals surface area contributed by atoms with E-state index in [0.29, 0.717) is 17.9 Å². The summed E-state index contributed by atoms with van der Waals surface area (Å²) in [6, 6.07) is 7.11. The summed E-state index contributed by atoms with van der Waals surface area (Å²) in [6.07, 6.45) is 1.51. The van der Waals surface area contributed by atoms with Gasteiger partial charge in [-0.05, 0) is 31.2 Å². The van der Waals surface area contributed by atoms with Crippen LogP contribution >= 0.6 is 0 Å². The minimum absolute atomic E-state index is 0.355. The molecule has 0 saturated heterocycles. The molecule has 0 aliphatic carbocycles. The van der Waals surface area contributed by atoms with E-state index in [9.17, 15) is 4.79 Å². The lowest BCUT2D eigenvalue weighted by atomic mass is 10.1. The number of hydrogen-bond donors (Lipinski definition) is 1. The predicted octanol–water partition coefficient (Wildman–Crippen LogP) is 1.99. The molecule has 0 aliphatic rings. The highest BCUT2D eigenvalue weighted by Crippen LogP contribution is 2.17. The second-order valence-corrected chi connectivity index (χ2v) is 3.40. The zero-order valence-electron chi connectivity index (χ0n) is 8.93. The summed E-state index contributed by atoms with van der Waals surface area (Å²) in [6.45, 7) is 2.12. The Morgan fingerprint density at radius 3 is 3.00 bits per heavy atom. The SMILES string of the molecule is CCOC(=O)c1cnc2ccc(N)cc2c1. The molecule has 4 heteroatoms. The first kappa shape index (κ1) is 10.4. The highest BCUT2D eigenvalue weighted by molar-refractivity contribution is 5.94. The van der Waals surface area contributed by atoms with Crippen molar-refractivity contribution in [3.63, 3.8) is 0 Å². The Bertz CT molecular complexity index is 538. The van der Waals surface area contributed by atoms with Gasteiger partial charge in [0.05, 0.1) is 17.7 Å². The Morgan fingerprint density at radius 2 is 2.25 bits per heavy atom. The number of aromatic nitrogens is 1. The lowest BCUT2D eigenvalue weighted by molar-refractivity contribution is 0.0526. The summed E-state index contributed by atoms with van der Waals surface area (Å²) in [4.78, 5) is 15.6. The van der Waals surface area contributed by atoms with E-state index in [-0.39, 0.29) is 5.97 Å². The number of carbonyl (C=O) groups is 1. The molecular weight excluding hydrogens is 204 g/mol. The smallest absolute Gasteiger partial charge is 0.339 e. The number of hydrogen-bond acceptors (Lipinski definition) is 4. The number of esters is 1. The van der Waals surface area contributed by atoms with Gasteiger partial charge in [0.2, 0.25) is 0 Å². The van der Waals surface area contributed by atoms with Crippen molar-refractivity contribution in [1.82, 2.24) is 4.98 Å². The van der Waals surface area contributed by atoms with Gasteiger partial charge in [0, 0.05) is 17.3 Å². The van der Waals surface area contributed by atoms with Crippen molar-refractivity contribution in [2.45, 2.75) is 6.92 Å². The van der Waals surface area contributed by atoms with E-state index >= 15 is 0 Å². The number of nitrogen functional groups attached to an aromatic ring is 1. The molecule has 2 rings (SSSR count). The Balaban J connectivity index is 2.46. The van der Waals surface area contributed by atoms with E-state index in [1.54, 1.807) is 25.1 Å². The van der Waals surface area contributed by atoms with Crippen LogP contribution < -0.4 is 5.73 Å².